The van der Waals surface area contributed by atoms with Crippen LogP contribution in [0.4, 0.5) is 0 Å². The van der Waals surface area contributed by atoms with Crippen molar-refractivity contribution in [2.45, 2.75) is 4.90 Å². The van der Waals surface area contributed by atoms with Gasteiger partial charge >= 0.3 is 10.1 Å². The summed E-state index contributed by atoms with van der Waals surface area (Å²) in [6, 6.07) is 3.86. The lowest BCUT2D eigenvalue weighted by atomic mass is 10.0. The molecule has 7 nitrogen and oxygen atoms in total. The minimum Gasteiger partial charge on any atom is -0.508 e. The molecule has 0 amide bonds. The van der Waals surface area contributed by atoms with Crippen molar-refractivity contribution in [2.24, 2.45) is 0 Å². The van der Waals surface area contributed by atoms with Crippen LogP contribution >= 0.6 is 0 Å². The number of hydrogen-bond donors (Lipinski definition) is 4. The molecule has 0 radical (unpaired) electrons. The molecule has 2 aromatic carbocycles. The van der Waals surface area contributed by atoms with E-state index in [4.69, 9.17) is 4.18 Å². The highest BCUT2D eigenvalue weighted by Crippen LogP contribution is 2.50. The lowest BCUT2D eigenvalue weighted by Crippen LogP contribution is -2.15. The van der Waals surface area contributed by atoms with Gasteiger partial charge in [0.15, 0.2) is 17.2 Å². The van der Waals surface area contributed by atoms with E-state index >= 15 is 0 Å². The number of phenols is 4. The summed E-state index contributed by atoms with van der Waals surface area (Å²) in [4.78, 5) is -0.388. The van der Waals surface area contributed by atoms with Crippen molar-refractivity contribution in [1.29, 1.82) is 0 Å². The fourth-order valence-electron chi connectivity index (χ4n) is 2.05. The van der Waals surface area contributed by atoms with E-state index in [0.717, 1.165) is 24.3 Å². The van der Waals surface area contributed by atoms with Gasteiger partial charge < -0.3 is 24.6 Å². The van der Waals surface area contributed by atoms with E-state index in [1.165, 1.54) is 0 Å². The largest absolute Gasteiger partial charge is 0.508 e. The molecule has 0 aromatic heterocycles. The zero-order valence-corrected chi connectivity index (χ0v) is 10.5. The second-order valence-corrected chi connectivity index (χ2v) is 5.73. The minimum atomic E-state index is -4.22. The van der Waals surface area contributed by atoms with Crippen molar-refractivity contribution >= 4 is 10.1 Å². The van der Waals surface area contributed by atoms with Crippen molar-refractivity contribution in [1.82, 2.24) is 0 Å². The second kappa shape index (κ2) is 3.70. The molecule has 0 spiro atoms. The average Bonchev–Trinajstić information content (AvgIpc) is 2.30. The van der Waals surface area contributed by atoms with Crippen LogP contribution < -0.4 is 4.18 Å². The Balaban J connectivity index is 2.46. The van der Waals surface area contributed by atoms with Crippen molar-refractivity contribution < 1.29 is 33.0 Å². The zero-order valence-electron chi connectivity index (χ0n) is 9.73. The summed E-state index contributed by atoms with van der Waals surface area (Å²) in [5.41, 5.74) is -0.0259. The van der Waals surface area contributed by atoms with Crippen molar-refractivity contribution in [2.75, 3.05) is 0 Å². The molecule has 104 valence electrons. The van der Waals surface area contributed by atoms with Crippen LogP contribution in [0.15, 0.2) is 29.2 Å². The Kier molecular flexibility index (Phi) is 2.30. The number of rotatable bonds is 0. The summed E-state index contributed by atoms with van der Waals surface area (Å²) >= 11 is 0. The summed E-state index contributed by atoms with van der Waals surface area (Å²) in [6.45, 7) is 0. The molecule has 0 saturated heterocycles. The van der Waals surface area contributed by atoms with Crippen LogP contribution in [0, 0.1) is 0 Å². The third-order valence-corrected chi connectivity index (χ3v) is 4.16. The molecule has 1 aliphatic heterocycles. The van der Waals surface area contributed by atoms with E-state index in [1.54, 1.807) is 0 Å². The van der Waals surface area contributed by atoms with Gasteiger partial charge in [0.2, 0.25) is 0 Å². The van der Waals surface area contributed by atoms with Crippen LogP contribution in [0.1, 0.15) is 0 Å². The predicted octanol–water partition coefficient (Wildman–Crippen LogP) is 1.26. The van der Waals surface area contributed by atoms with Crippen LogP contribution in [-0.2, 0) is 10.1 Å². The van der Waals surface area contributed by atoms with Gasteiger partial charge in [-0.25, -0.2) is 0 Å². The van der Waals surface area contributed by atoms with E-state index in [0.29, 0.717) is 0 Å². The molecule has 0 fully saturated rings. The summed E-state index contributed by atoms with van der Waals surface area (Å²) in [7, 11) is -4.22. The molecule has 0 aliphatic carbocycles. The second-order valence-electron chi connectivity index (χ2n) is 4.21. The SMILES string of the molecule is O=S1(=O)Oc2cc(O)cc(O)c2-c2cc(O)c(O)cc21. The monoisotopic (exact) mass is 296 g/mol. The quantitative estimate of drug-likeness (QED) is 0.426. The van der Waals surface area contributed by atoms with E-state index in [-0.39, 0.29) is 27.5 Å². The summed E-state index contributed by atoms with van der Waals surface area (Å²) in [5.74, 6) is -2.22. The molecular weight excluding hydrogens is 288 g/mol. The first kappa shape index (κ1) is 12.4. The van der Waals surface area contributed by atoms with Gasteiger partial charge in [0.05, 0.1) is 5.56 Å². The Bertz CT molecular complexity index is 839. The number of phenolic OH excluding ortho intramolecular Hbond substituents is 4. The Morgan fingerprint density at radius 3 is 2.20 bits per heavy atom. The number of benzene rings is 2. The molecule has 0 unspecified atom stereocenters. The summed E-state index contributed by atoms with van der Waals surface area (Å²) in [6.07, 6.45) is 0. The maximum absolute atomic E-state index is 11.9. The first-order chi connectivity index (χ1) is 9.29. The molecule has 20 heavy (non-hydrogen) atoms. The van der Waals surface area contributed by atoms with Gasteiger partial charge in [0.25, 0.3) is 0 Å². The maximum Gasteiger partial charge on any atom is 0.340 e. The first-order valence-electron chi connectivity index (χ1n) is 5.36. The predicted molar refractivity (Wildman–Crippen MR) is 66.4 cm³/mol. The lowest BCUT2D eigenvalue weighted by Gasteiger charge is -2.21. The van der Waals surface area contributed by atoms with E-state index in [1.807, 2.05) is 0 Å². The standard InChI is InChI=1S/C12H8O7S/c13-5-1-9(16)12-6-3-7(14)8(15)4-11(6)20(17,18)19-10(12)2-5/h1-4,13-16H. The number of hydrogen-bond acceptors (Lipinski definition) is 7. The van der Waals surface area contributed by atoms with Crippen LogP contribution in [0.2, 0.25) is 0 Å². The van der Waals surface area contributed by atoms with Crippen LogP contribution in [-0.4, -0.2) is 28.8 Å². The van der Waals surface area contributed by atoms with Gasteiger partial charge in [-0.1, -0.05) is 0 Å². The molecule has 0 saturated carbocycles. The molecule has 2 aromatic rings. The van der Waals surface area contributed by atoms with Gasteiger partial charge in [0, 0.05) is 23.8 Å². The number of aromatic hydroxyl groups is 4. The number of fused-ring (bicyclic) bond motifs is 3. The van der Waals surface area contributed by atoms with E-state index in [2.05, 4.69) is 0 Å². The van der Waals surface area contributed by atoms with Crippen molar-refractivity contribution in [3.63, 3.8) is 0 Å². The van der Waals surface area contributed by atoms with E-state index in [9.17, 15) is 28.8 Å². The highest BCUT2D eigenvalue weighted by atomic mass is 32.2. The third-order valence-electron chi connectivity index (χ3n) is 2.88. The highest BCUT2D eigenvalue weighted by Gasteiger charge is 2.33. The van der Waals surface area contributed by atoms with Gasteiger partial charge in [0.1, 0.15) is 16.4 Å². The molecule has 1 aliphatic rings. The molecule has 1 heterocycles. The Morgan fingerprint density at radius 1 is 0.850 bits per heavy atom. The smallest absolute Gasteiger partial charge is 0.340 e. The molecule has 4 N–H and O–H groups in total. The highest BCUT2D eigenvalue weighted by molar-refractivity contribution is 7.87. The Labute approximate surface area is 113 Å². The molecule has 0 bridgehead atoms. The van der Waals surface area contributed by atoms with Gasteiger partial charge in [-0.15, -0.1) is 0 Å². The van der Waals surface area contributed by atoms with Crippen molar-refractivity contribution in [3.8, 4) is 39.9 Å². The topological polar surface area (TPSA) is 124 Å². The molecular formula is C12H8O7S. The third kappa shape index (κ3) is 1.62. The minimum absolute atomic E-state index is 0.00271. The normalized spacial score (nSPS) is 15.0. The summed E-state index contributed by atoms with van der Waals surface area (Å²) < 4.78 is 28.6. The van der Waals surface area contributed by atoms with Crippen LogP contribution in [0.25, 0.3) is 11.1 Å². The average molecular weight is 296 g/mol. The molecule has 0 atom stereocenters. The van der Waals surface area contributed by atoms with Gasteiger partial charge in [-0.3, -0.25) is 0 Å². The van der Waals surface area contributed by atoms with Crippen LogP contribution in [0.3, 0.4) is 0 Å². The fourth-order valence-corrected chi connectivity index (χ4v) is 3.19. The molecule has 8 heteroatoms. The van der Waals surface area contributed by atoms with Gasteiger partial charge in [-0.05, 0) is 6.07 Å². The Morgan fingerprint density at radius 2 is 1.50 bits per heavy atom. The maximum atomic E-state index is 11.9. The molecule has 3 rings (SSSR count). The summed E-state index contributed by atoms with van der Waals surface area (Å²) in [5, 5.41) is 38.1. The Hall–Kier alpha value is -2.61. The lowest BCUT2D eigenvalue weighted by molar-refractivity contribution is 0.401. The van der Waals surface area contributed by atoms with Crippen molar-refractivity contribution in [3.05, 3.63) is 24.3 Å². The fraction of sp³-hybridized carbons (Fsp3) is 0. The zero-order chi connectivity index (χ0) is 14.7. The van der Waals surface area contributed by atoms with Gasteiger partial charge in [-0.2, -0.15) is 8.42 Å². The van der Waals surface area contributed by atoms with E-state index < -0.39 is 27.4 Å². The first-order valence-corrected chi connectivity index (χ1v) is 6.77. The van der Waals surface area contributed by atoms with Crippen LogP contribution in [0.5, 0.6) is 28.7 Å².